The van der Waals surface area contributed by atoms with E-state index in [0.29, 0.717) is 7.05 Å². The van der Waals surface area contributed by atoms with Gasteiger partial charge >= 0.3 is 0 Å². The van der Waals surface area contributed by atoms with E-state index < -0.39 is 146 Å². The summed E-state index contributed by atoms with van der Waals surface area (Å²) in [5.74, 6) is 0. The average molecular weight is 469 g/mol. The van der Waals surface area contributed by atoms with Gasteiger partial charge in [0, 0.05) is 80.9 Å². The van der Waals surface area contributed by atoms with Gasteiger partial charge in [0.25, 0.3) is 0 Å². The summed E-state index contributed by atoms with van der Waals surface area (Å²) in [6, 6.07) is -8.08. The summed E-state index contributed by atoms with van der Waals surface area (Å²) in [7, 11) is -5.40. The van der Waals surface area contributed by atoms with Crippen LogP contribution in [0.3, 0.4) is 0 Å². The predicted octanol–water partition coefficient (Wildman–Crippen LogP) is 3.47. The molecule has 0 spiro atoms. The van der Waals surface area contributed by atoms with Crippen LogP contribution >= 0.6 is 11.8 Å². The van der Waals surface area contributed by atoms with Crippen molar-refractivity contribution in [3.05, 3.63) is 59.5 Å². The molecular formula is C23H29N3O2S2. The highest BCUT2D eigenvalue weighted by molar-refractivity contribution is 7.99. The van der Waals surface area contributed by atoms with Crippen LogP contribution < -0.4 is 0 Å². The molecule has 0 radical (unpaired) electrons. The van der Waals surface area contributed by atoms with E-state index in [9.17, 15) is 8.42 Å². The summed E-state index contributed by atoms with van der Waals surface area (Å²) in [5, 5.41) is 0. The van der Waals surface area contributed by atoms with Crippen LogP contribution in [0.2, 0.25) is 0 Å². The molecule has 0 bridgehead atoms. The molecular weight excluding hydrogens is 414 g/mol. The fourth-order valence-electron chi connectivity index (χ4n) is 2.33. The Morgan fingerprint density at radius 3 is 2.67 bits per heavy atom. The molecule has 30 heavy (non-hydrogen) atoms. The van der Waals surface area contributed by atoms with Crippen LogP contribution in [0.5, 0.6) is 0 Å². The third-order valence-corrected chi connectivity index (χ3v) is 5.92. The molecule has 2 aromatic rings. The minimum Gasteiger partial charge on any atom is -0.304 e. The summed E-state index contributed by atoms with van der Waals surface area (Å²) in [5.41, 5.74) is -2.92. The smallest absolute Gasteiger partial charge is 0.242 e. The molecule has 2 aliphatic rings. The lowest BCUT2D eigenvalue weighted by Gasteiger charge is -2.32. The van der Waals surface area contributed by atoms with Crippen molar-refractivity contribution in [2.24, 2.45) is 0 Å². The van der Waals surface area contributed by atoms with E-state index in [2.05, 4.69) is 0 Å². The SMILES string of the molecule is [2H]c1c([2H])c([2H])c2c(c1[2H])Sc1c([2H])c([2H])c(S(=O)(=O)N(C([2H])([2H])[2H])C([2H])([2H])[2H])c([2H])c1/C2=C\C([2H])([2H])C([2H])([2H])N1C([2H])([2H])C([2H])([2H])N(C)C([2H])([2H])C1([2H])[2H]. The molecule has 7 heteroatoms. The number of rotatable bonds is 5. The molecule has 2 heterocycles. The Hall–Kier alpha value is -1.64. The van der Waals surface area contributed by atoms with Gasteiger partial charge in [-0.2, -0.15) is 0 Å². The van der Waals surface area contributed by atoms with Crippen LogP contribution in [0.15, 0.2) is 63.1 Å². The normalized spacial score (nSPS) is 39.8. The van der Waals surface area contributed by atoms with Gasteiger partial charge in [0.15, 0.2) is 0 Å². The van der Waals surface area contributed by atoms with Crippen molar-refractivity contribution in [1.29, 1.82) is 0 Å². The highest BCUT2D eigenvalue weighted by atomic mass is 32.2. The van der Waals surface area contributed by atoms with E-state index in [1.54, 1.807) is 0 Å². The van der Waals surface area contributed by atoms with Crippen LogP contribution in [0, 0.1) is 0 Å². The molecule has 160 valence electrons. The lowest BCUT2D eigenvalue weighted by atomic mass is 9.96. The Bertz CT molecular complexity index is 2070. The van der Waals surface area contributed by atoms with Crippen molar-refractivity contribution in [3.8, 4) is 0 Å². The maximum absolute atomic E-state index is 13.9. The van der Waals surface area contributed by atoms with Gasteiger partial charge < -0.3 is 9.80 Å². The number of sulfonamides is 1. The fraction of sp³-hybridized carbons (Fsp3) is 0.391. The third kappa shape index (κ3) is 4.36. The Balaban J connectivity index is 2.23. The van der Waals surface area contributed by atoms with Gasteiger partial charge in [-0.15, -0.1) is 0 Å². The van der Waals surface area contributed by atoms with Crippen molar-refractivity contribution >= 4 is 27.4 Å². The van der Waals surface area contributed by atoms with Crippen LogP contribution in [-0.4, -0.2) is 76.0 Å². The first-order valence-corrected chi connectivity index (χ1v) is 10.2. The highest BCUT2D eigenvalue weighted by Gasteiger charge is 2.25. The van der Waals surface area contributed by atoms with Gasteiger partial charge in [-0.1, -0.05) is 36.0 Å². The predicted molar refractivity (Wildman–Crippen MR) is 124 cm³/mol. The van der Waals surface area contributed by atoms with Crippen LogP contribution in [0.1, 0.15) is 51.8 Å². The molecule has 4 rings (SSSR count). The second-order valence-electron chi connectivity index (χ2n) is 5.64. The van der Waals surface area contributed by atoms with Crippen molar-refractivity contribution in [2.45, 2.75) is 21.1 Å². The van der Waals surface area contributed by atoms with E-state index >= 15 is 0 Å². The molecule has 0 saturated carbocycles. The Morgan fingerprint density at radius 2 is 1.90 bits per heavy atom. The fourth-order valence-corrected chi connectivity index (χ4v) is 3.86. The maximum atomic E-state index is 13.9. The van der Waals surface area contributed by atoms with Crippen molar-refractivity contribution < 1.29 is 42.7 Å². The first-order valence-electron chi connectivity index (χ1n) is 20.5. The second kappa shape index (κ2) is 8.85. The number of piperazine rings is 1. The van der Waals surface area contributed by atoms with Crippen LogP contribution in [0.4, 0.5) is 0 Å². The number of likely N-dealkylation sites (N-methyl/N-ethyl adjacent to an activating group) is 1. The molecule has 5 nitrogen and oxygen atoms in total. The largest absolute Gasteiger partial charge is 0.304 e. The van der Waals surface area contributed by atoms with E-state index in [1.165, 1.54) is 0 Å². The van der Waals surface area contributed by atoms with Crippen molar-refractivity contribution in [2.75, 3.05) is 53.5 Å². The maximum Gasteiger partial charge on any atom is 0.242 e. The molecule has 1 saturated heterocycles. The van der Waals surface area contributed by atoms with Gasteiger partial charge in [0.2, 0.25) is 10.0 Å². The van der Waals surface area contributed by atoms with Crippen LogP contribution in [-0.2, 0) is 10.0 Å². The number of hydrogen-bond acceptors (Lipinski definition) is 5. The molecule has 2 aliphatic heterocycles. The lowest BCUT2D eigenvalue weighted by Crippen LogP contribution is -2.44. The van der Waals surface area contributed by atoms with Crippen LogP contribution in [0.25, 0.3) is 5.57 Å². The van der Waals surface area contributed by atoms with E-state index in [-0.39, 0.29) is 22.7 Å². The summed E-state index contributed by atoms with van der Waals surface area (Å²) in [6.07, 6.45) is -3.90. The molecule has 2 aromatic carbocycles. The Kier molecular flexibility index (Phi) is 1.97. The van der Waals surface area contributed by atoms with Crippen molar-refractivity contribution in [1.82, 2.24) is 14.1 Å². The Labute approximate surface area is 219 Å². The second-order valence-corrected chi connectivity index (χ2v) is 8.38. The summed E-state index contributed by atoms with van der Waals surface area (Å²) in [4.78, 5) is -3.73. The summed E-state index contributed by atoms with van der Waals surface area (Å²) in [6.45, 7) is -27.3. The molecule has 0 aliphatic carbocycles. The van der Waals surface area contributed by atoms with E-state index in [4.69, 9.17) is 34.3 Å². The van der Waals surface area contributed by atoms with Crippen molar-refractivity contribution in [3.63, 3.8) is 0 Å². The minimum atomic E-state index is -6.06. The van der Waals surface area contributed by atoms with Gasteiger partial charge in [0.1, 0.15) is 0 Å². The zero-order chi connectivity index (χ0) is 43.2. The standard InChI is InChI=1S/C23H29N3O2S2/c1-24(2)30(27,28)18-10-11-23-21(17-18)19(20-7-4-5-9-22(20)29-23)8-6-12-26-15-13-25(3)14-16-26/h4-5,7-11,17H,6,12-16H2,1-3H3/b19-8-/i1D3,2D3,4D,5D,6D2,7D,9D,10D,11D,12D2,13D2,14D2,15D2,16D2,17D. The first kappa shape index (κ1) is 6.68. The van der Waals surface area contributed by atoms with Gasteiger partial charge in [-0.25, -0.2) is 12.7 Å². The van der Waals surface area contributed by atoms with Gasteiger partial charge in [-0.3, -0.25) is 0 Å². The number of hydrogen-bond donors (Lipinski definition) is 0. The van der Waals surface area contributed by atoms with Gasteiger partial charge in [0.05, 0.1) is 14.5 Å². The average Bonchev–Trinajstić information content (AvgIpc) is 2.97. The topological polar surface area (TPSA) is 43.9 Å². The third-order valence-electron chi connectivity index (χ3n) is 3.70. The molecule has 0 unspecified atom stereocenters. The molecule has 0 N–H and O–H groups in total. The van der Waals surface area contributed by atoms with Gasteiger partial charge in [-0.05, 0) is 54.3 Å². The number of nitrogens with zero attached hydrogens (tertiary/aromatic N) is 3. The molecule has 0 aromatic heterocycles. The number of benzene rings is 2. The minimum absolute atomic E-state index is 0.00774. The molecule has 1 fully saturated rings. The molecule has 0 amide bonds. The first-order chi connectivity index (χ1) is 24.2. The lowest BCUT2D eigenvalue weighted by molar-refractivity contribution is 0.156. The highest BCUT2D eigenvalue weighted by Crippen LogP contribution is 2.46. The quantitative estimate of drug-likeness (QED) is 0.574. The molecule has 0 atom stereocenters. The van der Waals surface area contributed by atoms with E-state index in [1.807, 2.05) is 0 Å². The summed E-state index contributed by atoms with van der Waals surface area (Å²) >= 11 is 0.243. The zero-order valence-electron chi connectivity index (χ0n) is 40.1. The summed E-state index contributed by atoms with van der Waals surface area (Å²) < 4.78 is 235. The Morgan fingerprint density at radius 1 is 1.17 bits per heavy atom. The number of fused-ring (bicyclic) bond motifs is 2. The zero-order valence-corrected chi connectivity index (χ0v) is 16.7. The monoisotopic (exact) mass is 468 g/mol. The van der Waals surface area contributed by atoms with E-state index in [0.717, 1.165) is 0 Å².